The summed E-state index contributed by atoms with van der Waals surface area (Å²) in [4.78, 5) is 21.0. The predicted molar refractivity (Wildman–Crippen MR) is 130 cm³/mol. The van der Waals surface area contributed by atoms with Crippen molar-refractivity contribution < 1.29 is 27.4 Å². The number of anilines is 3. The molecule has 0 aliphatic rings. The van der Waals surface area contributed by atoms with Gasteiger partial charge in [0, 0.05) is 13.1 Å². The molecule has 11 nitrogen and oxygen atoms in total. The second-order valence-electron chi connectivity index (χ2n) is 7.31. The van der Waals surface area contributed by atoms with Crippen molar-refractivity contribution in [1.82, 2.24) is 14.5 Å². The molecule has 0 spiro atoms. The molecule has 12 heteroatoms. The first-order valence-corrected chi connectivity index (χ1v) is 11.8. The number of fused-ring (bicyclic) bond motifs is 1. The summed E-state index contributed by atoms with van der Waals surface area (Å²) in [6.45, 7) is 0. The number of carbonyl (C=O) groups excluding carboxylic acids is 1. The Kier molecular flexibility index (Phi) is 6.47. The number of nitrogens with zero attached hydrogens (tertiary/aromatic N) is 3. The van der Waals surface area contributed by atoms with Crippen LogP contribution in [0.1, 0.15) is 10.5 Å². The summed E-state index contributed by atoms with van der Waals surface area (Å²) in [5.74, 6) is 0.477. The Hall–Kier alpha value is -4.32. The lowest BCUT2D eigenvalue weighted by Crippen LogP contribution is -2.20. The summed E-state index contributed by atoms with van der Waals surface area (Å²) in [7, 11) is 1.54. The van der Waals surface area contributed by atoms with E-state index < -0.39 is 16.0 Å². The molecular formula is C23H23N5O6S. The maximum absolute atomic E-state index is 13.3. The van der Waals surface area contributed by atoms with Crippen molar-refractivity contribution in [2.24, 2.45) is 7.05 Å². The molecule has 35 heavy (non-hydrogen) atoms. The third-order valence-electron chi connectivity index (χ3n) is 5.21. The van der Waals surface area contributed by atoms with Gasteiger partial charge in [-0.2, -0.15) is 8.42 Å². The molecule has 0 saturated carbocycles. The fourth-order valence-electron chi connectivity index (χ4n) is 3.45. The van der Waals surface area contributed by atoms with E-state index in [0.29, 0.717) is 28.2 Å². The number of methoxy groups -OCH3 is 3. The molecule has 2 N–H and O–H groups in total. The zero-order valence-corrected chi connectivity index (χ0v) is 20.2. The first kappa shape index (κ1) is 23.8. The Morgan fingerprint density at radius 1 is 0.914 bits per heavy atom. The fourth-order valence-corrected chi connectivity index (χ4v) is 4.66. The van der Waals surface area contributed by atoms with Gasteiger partial charge in [-0.1, -0.05) is 12.1 Å². The van der Waals surface area contributed by atoms with E-state index in [1.54, 1.807) is 42.5 Å². The Balaban J connectivity index is 1.80. The molecule has 0 saturated heterocycles. The van der Waals surface area contributed by atoms with Crippen LogP contribution in [0.4, 0.5) is 17.3 Å². The van der Waals surface area contributed by atoms with E-state index in [0.717, 1.165) is 0 Å². The van der Waals surface area contributed by atoms with Crippen LogP contribution in [0.25, 0.3) is 11.0 Å². The number of carbonyl (C=O) groups is 1. The molecule has 0 aliphatic carbocycles. The number of rotatable bonds is 8. The van der Waals surface area contributed by atoms with Crippen molar-refractivity contribution in [2.75, 3.05) is 31.4 Å². The summed E-state index contributed by atoms with van der Waals surface area (Å²) >= 11 is 0. The van der Waals surface area contributed by atoms with Gasteiger partial charge in [0.15, 0.2) is 16.7 Å². The minimum Gasteiger partial charge on any atom is -0.497 e. The van der Waals surface area contributed by atoms with E-state index in [4.69, 9.17) is 14.2 Å². The normalized spacial score (nSPS) is 11.2. The van der Waals surface area contributed by atoms with Crippen molar-refractivity contribution >= 4 is 44.3 Å². The third-order valence-corrected chi connectivity index (χ3v) is 6.63. The zero-order valence-electron chi connectivity index (χ0n) is 19.4. The quantitative estimate of drug-likeness (QED) is 0.352. The molecule has 0 fully saturated rings. The molecule has 182 valence electrons. The molecule has 0 amide bonds. The second kappa shape index (κ2) is 9.50. The summed E-state index contributed by atoms with van der Waals surface area (Å²) < 4.78 is 45.7. The average molecular weight is 498 g/mol. The van der Waals surface area contributed by atoms with Crippen LogP contribution >= 0.6 is 0 Å². The first-order valence-electron chi connectivity index (χ1n) is 10.3. The number of hydrogen-bond donors (Lipinski definition) is 2. The minimum absolute atomic E-state index is 0.0469. The zero-order chi connectivity index (χ0) is 25.2. The van der Waals surface area contributed by atoms with Crippen molar-refractivity contribution in [2.45, 2.75) is 5.03 Å². The highest BCUT2D eigenvalue weighted by Crippen LogP contribution is 2.34. The van der Waals surface area contributed by atoms with E-state index in [-0.39, 0.29) is 22.4 Å². The molecule has 4 aromatic rings. The number of aromatic nitrogens is 3. The molecule has 2 aromatic heterocycles. The Bertz CT molecular complexity index is 1520. The average Bonchev–Trinajstić information content (AvgIpc) is 3.25. The minimum atomic E-state index is -4.17. The molecular weight excluding hydrogens is 474 g/mol. The van der Waals surface area contributed by atoms with Gasteiger partial charge in [0.25, 0.3) is 10.0 Å². The summed E-state index contributed by atoms with van der Waals surface area (Å²) in [5.41, 5.74) is 1.60. The van der Waals surface area contributed by atoms with Gasteiger partial charge in [0.1, 0.15) is 17.2 Å². The van der Waals surface area contributed by atoms with Gasteiger partial charge in [0.2, 0.25) is 0 Å². The molecule has 0 bridgehead atoms. The molecule has 0 aliphatic heterocycles. The number of benzene rings is 2. The number of esters is 1. The smallest absolute Gasteiger partial charge is 0.354 e. The van der Waals surface area contributed by atoms with E-state index in [2.05, 4.69) is 20.0 Å². The van der Waals surface area contributed by atoms with Crippen LogP contribution in [0.3, 0.4) is 0 Å². The van der Waals surface area contributed by atoms with Crippen LogP contribution in [-0.2, 0) is 21.8 Å². The third kappa shape index (κ3) is 4.68. The first-order chi connectivity index (χ1) is 16.8. The molecule has 0 radical (unpaired) electrons. The van der Waals surface area contributed by atoms with Crippen molar-refractivity contribution in [3.05, 3.63) is 60.3 Å². The van der Waals surface area contributed by atoms with Crippen LogP contribution in [0, 0.1) is 0 Å². The standard InChI is InChI=1S/C23H23N5O6S/c1-28-18(23(29)34-4)10-12-20(28)35(30,31)27-22-21(24-15-7-5-6-8-16(15)25-22)26-17-13-14(32-2)9-11-19(17)33-3/h5-13H,1-4H3,(H,24,26)(H,25,27). The van der Waals surface area contributed by atoms with Crippen LogP contribution in [-0.4, -0.2) is 50.3 Å². The predicted octanol–water partition coefficient (Wildman–Crippen LogP) is 3.32. The second-order valence-corrected chi connectivity index (χ2v) is 8.94. The van der Waals surface area contributed by atoms with Gasteiger partial charge < -0.3 is 24.1 Å². The van der Waals surface area contributed by atoms with Gasteiger partial charge in [-0.3, -0.25) is 4.72 Å². The van der Waals surface area contributed by atoms with Crippen LogP contribution in [0.5, 0.6) is 11.5 Å². The number of sulfonamides is 1. The topological polar surface area (TPSA) is 134 Å². The van der Waals surface area contributed by atoms with Crippen molar-refractivity contribution in [3.63, 3.8) is 0 Å². The molecule has 0 unspecified atom stereocenters. The number of hydrogen-bond acceptors (Lipinski definition) is 9. The monoisotopic (exact) mass is 497 g/mol. The Morgan fingerprint density at radius 3 is 2.23 bits per heavy atom. The Labute approximate surface area is 201 Å². The van der Waals surface area contributed by atoms with Crippen LogP contribution in [0.15, 0.2) is 59.6 Å². The van der Waals surface area contributed by atoms with E-state index >= 15 is 0 Å². The van der Waals surface area contributed by atoms with Crippen LogP contribution < -0.4 is 19.5 Å². The highest BCUT2D eigenvalue weighted by atomic mass is 32.2. The van der Waals surface area contributed by atoms with E-state index in [1.807, 2.05) is 0 Å². The highest BCUT2D eigenvalue weighted by Gasteiger charge is 2.25. The summed E-state index contributed by atoms with van der Waals surface area (Å²) in [6.07, 6.45) is 0. The van der Waals surface area contributed by atoms with Gasteiger partial charge in [-0.15, -0.1) is 0 Å². The van der Waals surface area contributed by atoms with E-state index in [1.165, 1.54) is 45.1 Å². The van der Waals surface area contributed by atoms with Gasteiger partial charge in [-0.25, -0.2) is 14.8 Å². The molecule has 2 heterocycles. The lowest BCUT2D eigenvalue weighted by atomic mass is 10.2. The van der Waals surface area contributed by atoms with Gasteiger partial charge in [0.05, 0.1) is 38.1 Å². The van der Waals surface area contributed by atoms with Gasteiger partial charge >= 0.3 is 5.97 Å². The van der Waals surface area contributed by atoms with Crippen molar-refractivity contribution in [3.8, 4) is 11.5 Å². The maximum Gasteiger partial charge on any atom is 0.354 e. The summed E-state index contributed by atoms with van der Waals surface area (Å²) in [6, 6.07) is 14.8. The van der Waals surface area contributed by atoms with Gasteiger partial charge in [-0.05, 0) is 36.4 Å². The SMILES string of the molecule is COC(=O)c1ccc(S(=O)(=O)Nc2nc3ccccc3nc2Nc2cc(OC)ccc2OC)n1C. The number of nitrogens with one attached hydrogen (secondary N) is 2. The fraction of sp³-hybridized carbons (Fsp3) is 0.174. The van der Waals surface area contributed by atoms with Crippen LogP contribution in [0.2, 0.25) is 0 Å². The maximum atomic E-state index is 13.3. The van der Waals surface area contributed by atoms with Crippen molar-refractivity contribution in [1.29, 1.82) is 0 Å². The lowest BCUT2D eigenvalue weighted by Gasteiger charge is -2.16. The van der Waals surface area contributed by atoms with E-state index in [9.17, 15) is 13.2 Å². The molecule has 4 rings (SSSR count). The lowest BCUT2D eigenvalue weighted by molar-refractivity contribution is 0.0589. The Morgan fingerprint density at radius 2 is 1.60 bits per heavy atom. The largest absolute Gasteiger partial charge is 0.497 e. The molecule has 2 aromatic carbocycles. The highest BCUT2D eigenvalue weighted by molar-refractivity contribution is 7.92. The molecule has 0 atom stereocenters. The number of para-hydroxylation sites is 2. The summed E-state index contributed by atoms with van der Waals surface area (Å²) in [5, 5.41) is 2.94. The number of ether oxygens (including phenoxy) is 3.